The Morgan fingerprint density at radius 2 is 2.22 bits per heavy atom. The van der Waals surface area contributed by atoms with Gasteiger partial charge < -0.3 is 5.73 Å². The lowest BCUT2D eigenvalue weighted by atomic mass is 10.1. The van der Waals surface area contributed by atoms with Crippen LogP contribution in [0.4, 0.5) is 0 Å². The van der Waals surface area contributed by atoms with Crippen LogP contribution >= 0.6 is 0 Å². The van der Waals surface area contributed by atoms with Crippen LogP contribution < -0.4 is 5.73 Å². The van der Waals surface area contributed by atoms with Gasteiger partial charge in [-0.05, 0) is 18.6 Å². The summed E-state index contributed by atoms with van der Waals surface area (Å²) in [4.78, 5) is 11.1. The zero-order valence-corrected chi connectivity index (χ0v) is 9.92. The van der Waals surface area contributed by atoms with E-state index in [-0.39, 0.29) is 0 Å². The number of nitrogens with zero attached hydrogens (tertiary/aromatic N) is 3. The lowest BCUT2D eigenvalue weighted by Gasteiger charge is -2.03. The Hall–Kier alpha value is -2.61. The van der Waals surface area contributed by atoms with Crippen molar-refractivity contribution in [1.82, 2.24) is 9.78 Å². The average Bonchev–Trinajstić information content (AvgIpc) is 2.71. The molecule has 1 aromatic carbocycles. The van der Waals surface area contributed by atoms with Crippen LogP contribution in [0.15, 0.2) is 30.5 Å². The van der Waals surface area contributed by atoms with Gasteiger partial charge in [0.1, 0.15) is 0 Å². The number of aryl methyl sites for hydroxylation is 1. The van der Waals surface area contributed by atoms with Crippen LogP contribution in [0.25, 0.3) is 0 Å². The molecule has 18 heavy (non-hydrogen) atoms. The first-order chi connectivity index (χ1) is 8.61. The van der Waals surface area contributed by atoms with Gasteiger partial charge in [0.05, 0.1) is 29.4 Å². The van der Waals surface area contributed by atoms with Crippen molar-refractivity contribution in [3.63, 3.8) is 0 Å². The fourth-order valence-electron chi connectivity index (χ4n) is 1.78. The van der Waals surface area contributed by atoms with E-state index >= 15 is 0 Å². The summed E-state index contributed by atoms with van der Waals surface area (Å²) >= 11 is 0. The van der Waals surface area contributed by atoms with Crippen molar-refractivity contribution in [2.45, 2.75) is 13.5 Å². The van der Waals surface area contributed by atoms with E-state index in [4.69, 9.17) is 11.0 Å². The van der Waals surface area contributed by atoms with Crippen molar-refractivity contribution in [1.29, 1.82) is 5.26 Å². The van der Waals surface area contributed by atoms with Crippen LogP contribution in [-0.4, -0.2) is 15.7 Å². The third-order valence-corrected chi connectivity index (χ3v) is 2.68. The molecule has 1 heterocycles. The van der Waals surface area contributed by atoms with E-state index in [0.717, 1.165) is 5.56 Å². The molecule has 0 saturated carbocycles. The molecule has 0 spiro atoms. The van der Waals surface area contributed by atoms with Gasteiger partial charge in [0.15, 0.2) is 0 Å². The highest BCUT2D eigenvalue weighted by Gasteiger charge is 2.10. The molecule has 1 amide bonds. The quantitative estimate of drug-likeness (QED) is 0.875. The molecule has 0 atom stereocenters. The standard InChI is InChI=1S/C13H12N4O/c1-9-12(13(15)18)8-17(16-9)7-11-5-3-2-4-10(11)6-14/h2-5,8H,7H2,1H3,(H2,15,18). The number of nitrogens with two attached hydrogens (primary N) is 1. The summed E-state index contributed by atoms with van der Waals surface area (Å²) < 4.78 is 1.62. The number of rotatable bonds is 3. The SMILES string of the molecule is Cc1nn(Cc2ccccc2C#N)cc1C(N)=O. The second-order valence-corrected chi connectivity index (χ2v) is 3.96. The number of benzene rings is 1. The van der Waals surface area contributed by atoms with Gasteiger partial charge in [-0.25, -0.2) is 0 Å². The molecule has 2 aromatic rings. The molecular weight excluding hydrogens is 228 g/mol. The highest BCUT2D eigenvalue weighted by molar-refractivity contribution is 5.93. The van der Waals surface area contributed by atoms with E-state index in [1.807, 2.05) is 18.2 Å². The summed E-state index contributed by atoms with van der Waals surface area (Å²) in [7, 11) is 0. The van der Waals surface area contributed by atoms with Crippen molar-refractivity contribution < 1.29 is 4.79 Å². The second-order valence-electron chi connectivity index (χ2n) is 3.96. The fraction of sp³-hybridized carbons (Fsp3) is 0.154. The molecule has 0 fully saturated rings. The zero-order valence-electron chi connectivity index (χ0n) is 9.92. The summed E-state index contributed by atoms with van der Waals surface area (Å²) in [6.07, 6.45) is 1.60. The van der Waals surface area contributed by atoms with Crippen LogP contribution in [0, 0.1) is 18.3 Å². The number of aromatic nitrogens is 2. The van der Waals surface area contributed by atoms with Gasteiger partial charge in [0.2, 0.25) is 0 Å². The van der Waals surface area contributed by atoms with E-state index < -0.39 is 5.91 Å². The van der Waals surface area contributed by atoms with Gasteiger partial charge in [0, 0.05) is 6.20 Å². The Morgan fingerprint density at radius 1 is 1.50 bits per heavy atom. The lowest BCUT2D eigenvalue weighted by molar-refractivity contribution is 0.0999. The summed E-state index contributed by atoms with van der Waals surface area (Å²) in [5.41, 5.74) is 7.70. The molecule has 0 unspecified atom stereocenters. The number of nitriles is 1. The van der Waals surface area contributed by atoms with Gasteiger partial charge in [-0.2, -0.15) is 10.4 Å². The Morgan fingerprint density at radius 3 is 2.83 bits per heavy atom. The van der Waals surface area contributed by atoms with Crippen molar-refractivity contribution in [2.75, 3.05) is 0 Å². The van der Waals surface area contributed by atoms with Crippen molar-refractivity contribution in [3.05, 3.63) is 52.8 Å². The van der Waals surface area contributed by atoms with Crippen LogP contribution in [0.2, 0.25) is 0 Å². The van der Waals surface area contributed by atoms with E-state index in [1.54, 1.807) is 23.9 Å². The van der Waals surface area contributed by atoms with Crippen molar-refractivity contribution in [2.24, 2.45) is 5.73 Å². The third kappa shape index (κ3) is 2.23. The van der Waals surface area contributed by atoms with Gasteiger partial charge in [0.25, 0.3) is 5.91 Å². The van der Waals surface area contributed by atoms with E-state index in [9.17, 15) is 4.79 Å². The van der Waals surface area contributed by atoms with Crippen LogP contribution in [0.1, 0.15) is 27.2 Å². The van der Waals surface area contributed by atoms with Crippen molar-refractivity contribution >= 4 is 5.91 Å². The second kappa shape index (κ2) is 4.72. The first kappa shape index (κ1) is 11.9. The molecule has 0 radical (unpaired) electrons. The van der Waals surface area contributed by atoms with E-state index in [1.165, 1.54) is 0 Å². The molecule has 0 saturated heterocycles. The minimum Gasteiger partial charge on any atom is -0.365 e. The number of hydrogen-bond acceptors (Lipinski definition) is 3. The number of carbonyl (C=O) groups is 1. The lowest BCUT2D eigenvalue weighted by Crippen LogP contribution is -2.11. The average molecular weight is 240 g/mol. The molecule has 2 rings (SSSR count). The monoisotopic (exact) mass is 240 g/mol. The minimum atomic E-state index is -0.493. The number of primary amides is 1. The summed E-state index contributed by atoms with van der Waals surface area (Å²) in [5, 5.41) is 13.2. The summed E-state index contributed by atoms with van der Waals surface area (Å²) in [6.45, 7) is 2.17. The highest BCUT2D eigenvalue weighted by Crippen LogP contribution is 2.11. The molecule has 2 N–H and O–H groups in total. The molecule has 5 heteroatoms. The van der Waals surface area contributed by atoms with Gasteiger partial charge in [-0.15, -0.1) is 0 Å². The van der Waals surface area contributed by atoms with Gasteiger partial charge >= 0.3 is 0 Å². The van der Waals surface area contributed by atoms with Crippen LogP contribution in [0.3, 0.4) is 0 Å². The summed E-state index contributed by atoms with van der Waals surface area (Å²) in [5.74, 6) is -0.493. The molecule has 90 valence electrons. The zero-order chi connectivity index (χ0) is 13.1. The molecule has 0 aliphatic rings. The number of amides is 1. The van der Waals surface area contributed by atoms with Crippen LogP contribution in [0.5, 0.6) is 0 Å². The molecule has 0 aliphatic heterocycles. The molecular formula is C13H12N4O. The maximum absolute atomic E-state index is 11.1. The largest absolute Gasteiger partial charge is 0.365 e. The summed E-state index contributed by atoms with van der Waals surface area (Å²) in [6, 6.07) is 9.41. The van der Waals surface area contributed by atoms with Crippen molar-refractivity contribution in [3.8, 4) is 6.07 Å². The topological polar surface area (TPSA) is 84.7 Å². The fourth-order valence-corrected chi connectivity index (χ4v) is 1.78. The highest BCUT2D eigenvalue weighted by atomic mass is 16.1. The molecule has 1 aromatic heterocycles. The molecule has 0 aliphatic carbocycles. The predicted octanol–water partition coefficient (Wildman–Crippen LogP) is 1.21. The normalized spacial score (nSPS) is 10.0. The first-order valence-electron chi connectivity index (χ1n) is 5.43. The van der Waals surface area contributed by atoms with Gasteiger partial charge in [-0.1, -0.05) is 18.2 Å². The maximum Gasteiger partial charge on any atom is 0.252 e. The predicted molar refractivity (Wildman–Crippen MR) is 65.7 cm³/mol. The van der Waals surface area contributed by atoms with Crippen LogP contribution in [-0.2, 0) is 6.54 Å². The van der Waals surface area contributed by atoms with Gasteiger partial charge in [-0.3, -0.25) is 9.48 Å². The maximum atomic E-state index is 11.1. The molecule has 0 bridgehead atoms. The minimum absolute atomic E-state index is 0.407. The Balaban J connectivity index is 2.32. The van der Waals surface area contributed by atoms with E-state index in [2.05, 4.69) is 11.2 Å². The first-order valence-corrected chi connectivity index (χ1v) is 5.43. The Kier molecular flexibility index (Phi) is 3.11. The third-order valence-electron chi connectivity index (χ3n) is 2.68. The number of hydrogen-bond donors (Lipinski definition) is 1. The Labute approximate surface area is 104 Å². The Bertz CT molecular complexity index is 637. The number of carbonyl (C=O) groups excluding carboxylic acids is 1. The van der Waals surface area contributed by atoms with E-state index in [0.29, 0.717) is 23.4 Å². The molecule has 5 nitrogen and oxygen atoms in total. The smallest absolute Gasteiger partial charge is 0.252 e.